The summed E-state index contributed by atoms with van der Waals surface area (Å²) < 4.78 is 4.73. The third kappa shape index (κ3) is 4.09. The second kappa shape index (κ2) is 10.6. The molecule has 0 N–H and O–H groups in total. The predicted molar refractivity (Wildman–Crippen MR) is 196 cm³/mol. The molecule has 0 bridgehead atoms. The topological polar surface area (TPSA) is 22.8 Å². The average molecular weight is 590 g/mol. The highest BCUT2D eigenvalue weighted by atomic mass is 15.1. The van der Waals surface area contributed by atoms with Gasteiger partial charge in [-0.3, -0.25) is 4.57 Å². The number of hydrogen-bond acceptors (Lipinski definition) is 1. The molecule has 3 heteroatoms. The van der Waals surface area contributed by atoms with Crippen LogP contribution in [0, 0.1) is 0 Å². The Hall–Kier alpha value is -5.93. The lowest BCUT2D eigenvalue weighted by Gasteiger charge is -2.13. The maximum atomic E-state index is 5.34. The molecule has 0 radical (unpaired) electrons. The molecule has 0 aliphatic rings. The molecule has 9 aromatic rings. The van der Waals surface area contributed by atoms with Crippen LogP contribution < -0.4 is 0 Å². The van der Waals surface area contributed by atoms with Crippen LogP contribution in [0.3, 0.4) is 0 Å². The lowest BCUT2D eigenvalue weighted by Crippen LogP contribution is -1.98. The quantitative estimate of drug-likeness (QED) is 0.145. The molecule has 2 heterocycles. The van der Waals surface area contributed by atoms with Gasteiger partial charge in [0.1, 0.15) is 5.82 Å². The summed E-state index contributed by atoms with van der Waals surface area (Å²) in [5.74, 6) is 0.944. The van der Waals surface area contributed by atoms with E-state index < -0.39 is 0 Å². The Morgan fingerprint density at radius 1 is 0.522 bits per heavy atom. The molecule has 7 aromatic carbocycles. The SMILES string of the molecule is CCn1c2ccccc2c2cc(C=Cc3ccc(-n4c(-c5ccccc5)nc5c6ccccc6c6ccccc6c54)cc3)ccc21. The molecule has 0 aliphatic carbocycles. The van der Waals surface area contributed by atoms with E-state index in [9.17, 15) is 0 Å². The largest absolute Gasteiger partial charge is 0.341 e. The number of fused-ring (bicyclic) bond motifs is 9. The molecule has 0 atom stereocenters. The van der Waals surface area contributed by atoms with Crippen molar-refractivity contribution in [3.8, 4) is 17.1 Å². The van der Waals surface area contributed by atoms with Gasteiger partial charge in [0.25, 0.3) is 0 Å². The van der Waals surface area contributed by atoms with Gasteiger partial charge in [-0.1, -0.05) is 127 Å². The molecular formula is C43H31N3. The van der Waals surface area contributed by atoms with Gasteiger partial charge in [-0.05, 0) is 59.2 Å². The number of imidazole rings is 1. The summed E-state index contributed by atoms with van der Waals surface area (Å²) in [5.41, 5.74) is 9.27. The van der Waals surface area contributed by atoms with Crippen LogP contribution in [-0.4, -0.2) is 14.1 Å². The van der Waals surface area contributed by atoms with Gasteiger partial charge < -0.3 is 4.57 Å². The van der Waals surface area contributed by atoms with Crippen LogP contribution >= 0.6 is 0 Å². The van der Waals surface area contributed by atoms with E-state index in [0.29, 0.717) is 0 Å². The molecule has 218 valence electrons. The lowest BCUT2D eigenvalue weighted by atomic mass is 10.00. The van der Waals surface area contributed by atoms with E-state index >= 15 is 0 Å². The van der Waals surface area contributed by atoms with Crippen LogP contribution in [-0.2, 0) is 6.54 Å². The number of nitrogens with zero attached hydrogens (tertiary/aromatic N) is 3. The fourth-order valence-corrected chi connectivity index (χ4v) is 7.18. The fraction of sp³-hybridized carbons (Fsp3) is 0.0465. The minimum Gasteiger partial charge on any atom is -0.341 e. The first-order valence-corrected chi connectivity index (χ1v) is 16.0. The number of benzene rings is 7. The minimum absolute atomic E-state index is 0.944. The molecule has 3 nitrogen and oxygen atoms in total. The van der Waals surface area contributed by atoms with Crippen molar-refractivity contribution >= 4 is 66.5 Å². The highest BCUT2D eigenvalue weighted by molar-refractivity contribution is 6.24. The van der Waals surface area contributed by atoms with E-state index in [1.807, 2.05) is 0 Å². The van der Waals surface area contributed by atoms with Crippen LogP contribution in [0.15, 0.2) is 146 Å². The van der Waals surface area contributed by atoms with Gasteiger partial charge in [0.2, 0.25) is 0 Å². The highest BCUT2D eigenvalue weighted by Gasteiger charge is 2.19. The van der Waals surface area contributed by atoms with E-state index in [2.05, 4.69) is 174 Å². The molecule has 9 rings (SSSR count). The van der Waals surface area contributed by atoms with Crippen molar-refractivity contribution in [1.29, 1.82) is 0 Å². The van der Waals surface area contributed by atoms with Crippen LogP contribution in [0.4, 0.5) is 0 Å². The van der Waals surface area contributed by atoms with Crippen molar-refractivity contribution in [3.63, 3.8) is 0 Å². The van der Waals surface area contributed by atoms with Gasteiger partial charge in [-0.25, -0.2) is 4.98 Å². The Bertz CT molecular complexity index is 2600. The standard InChI is InChI=1S/C43H31N3/c1-2-45-39-19-11-10-16-35(39)38-28-30(24-27-40(38)45)21-20-29-22-25-32(26-23-29)46-42-37-18-9-7-15-34(37)33-14-6-8-17-36(33)41(42)44-43(46)31-12-4-3-5-13-31/h3-28H,2H2,1H3. The number of rotatable bonds is 5. The van der Waals surface area contributed by atoms with Gasteiger partial charge in [0.15, 0.2) is 0 Å². The van der Waals surface area contributed by atoms with E-state index in [0.717, 1.165) is 40.2 Å². The molecule has 0 saturated heterocycles. The Morgan fingerprint density at radius 2 is 1.11 bits per heavy atom. The van der Waals surface area contributed by atoms with Crippen molar-refractivity contribution < 1.29 is 0 Å². The van der Waals surface area contributed by atoms with Crippen molar-refractivity contribution in [3.05, 3.63) is 157 Å². The summed E-state index contributed by atoms with van der Waals surface area (Å²) in [6.45, 7) is 3.17. The molecule has 0 unspecified atom stereocenters. The summed E-state index contributed by atoms with van der Waals surface area (Å²) in [6, 6.07) is 52.2. The van der Waals surface area contributed by atoms with Crippen LogP contribution in [0.2, 0.25) is 0 Å². The first-order valence-electron chi connectivity index (χ1n) is 16.0. The van der Waals surface area contributed by atoms with Gasteiger partial charge in [-0.15, -0.1) is 0 Å². The van der Waals surface area contributed by atoms with Gasteiger partial charge >= 0.3 is 0 Å². The molecular weight excluding hydrogens is 558 g/mol. The summed E-state index contributed by atoms with van der Waals surface area (Å²) in [4.78, 5) is 5.34. The van der Waals surface area contributed by atoms with Crippen LogP contribution in [0.5, 0.6) is 0 Å². The lowest BCUT2D eigenvalue weighted by molar-refractivity contribution is 0.827. The third-order valence-electron chi connectivity index (χ3n) is 9.30. The highest BCUT2D eigenvalue weighted by Crippen LogP contribution is 2.39. The second-order valence-electron chi connectivity index (χ2n) is 11.9. The minimum atomic E-state index is 0.944. The molecule has 0 amide bonds. The summed E-state index contributed by atoms with van der Waals surface area (Å²) in [6.07, 6.45) is 4.42. The number of hydrogen-bond donors (Lipinski definition) is 0. The first kappa shape index (κ1) is 26.5. The summed E-state index contributed by atoms with van der Waals surface area (Å²) >= 11 is 0. The Morgan fingerprint density at radius 3 is 1.87 bits per heavy atom. The molecule has 0 aliphatic heterocycles. The van der Waals surface area contributed by atoms with E-state index in [1.165, 1.54) is 48.9 Å². The smallest absolute Gasteiger partial charge is 0.145 e. The summed E-state index contributed by atoms with van der Waals surface area (Å²) in [5, 5.41) is 7.45. The molecule has 0 fully saturated rings. The fourth-order valence-electron chi connectivity index (χ4n) is 7.18. The van der Waals surface area contributed by atoms with Crippen molar-refractivity contribution in [2.75, 3.05) is 0 Å². The zero-order valence-electron chi connectivity index (χ0n) is 25.6. The van der Waals surface area contributed by atoms with Gasteiger partial charge in [0, 0.05) is 50.4 Å². The van der Waals surface area contributed by atoms with Crippen molar-refractivity contribution in [2.24, 2.45) is 0 Å². The maximum absolute atomic E-state index is 5.34. The predicted octanol–water partition coefficient (Wildman–Crippen LogP) is 11.3. The maximum Gasteiger partial charge on any atom is 0.145 e. The zero-order valence-corrected chi connectivity index (χ0v) is 25.6. The first-order chi connectivity index (χ1) is 22.8. The second-order valence-corrected chi connectivity index (χ2v) is 11.9. The number of aryl methyl sites for hydroxylation is 1. The van der Waals surface area contributed by atoms with Crippen LogP contribution in [0.1, 0.15) is 18.1 Å². The number of para-hydroxylation sites is 1. The molecule has 0 spiro atoms. The van der Waals surface area contributed by atoms with Crippen molar-refractivity contribution in [1.82, 2.24) is 14.1 Å². The Kier molecular flexibility index (Phi) is 6.10. The summed E-state index contributed by atoms with van der Waals surface area (Å²) in [7, 11) is 0. The molecule has 0 saturated carbocycles. The Balaban J connectivity index is 1.17. The van der Waals surface area contributed by atoms with Gasteiger partial charge in [-0.2, -0.15) is 0 Å². The monoisotopic (exact) mass is 589 g/mol. The van der Waals surface area contributed by atoms with Gasteiger partial charge in [0.05, 0.1) is 11.0 Å². The van der Waals surface area contributed by atoms with Crippen molar-refractivity contribution in [2.45, 2.75) is 13.5 Å². The third-order valence-corrected chi connectivity index (χ3v) is 9.30. The van der Waals surface area contributed by atoms with Crippen LogP contribution in [0.25, 0.3) is 83.6 Å². The normalized spacial score (nSPS) is 12.0. The zero-order chi connectivity index (χ0) is 30.6. The molecule has 46 heavy (non-hydrogen) atoms. The molecule has 2 aromatic heterocycles. The van der Waals surface area contributed by atoms with E-state index in [-0.39, 0.29) is 0 Å². The number of aromatic nitrogens is 3. The Labute approximate surface area is 267 Å². The average Bonchev–Trinajstić information content (AvgIpc) is 3.68. The van der Waals surface area contributed by atoms with E-state index in [1.54, 1.807) is 0 Å². The van der Waals surface area contributed by atoms with E-state index in [4.69, 9.17) is 4.98 Å².